The molecule has 1 aliphatic heterocycles. The molecule has 5 nitrogen and oxygen atoms in total. The van der Waals surface area contributed by atoms with Gasteiger partial charge >= 0.3 is 0 Å². The molecular formula is C23H24ClN5. The Bertz CT molecular complexity index is 1030. The summed E-state index contributed by atoms with van der Waals surface area (Å²) in [7, 11) is 0. The molecule has 0 spiro atoms. The Morgan fingerprint density at radius 2 is 1.83 bits per heavy atom. The molecule has 1 aromatic heterocycles. The molecule has 2 heterocycles. The highest BCUT2D eigenvalue weighted by Gasteiger charge is 2.23. The van der Waals surface area contributed by atoms with Gasteiger partial charge in [0.25, 0.3) is 0 Å². The highest BCUT2D eigenvalue weighted by molar-refractivity contribution is 6.31. The molecule has 0 unspecified atom stereocenters. The van der Waals surface area contributed by atoms with Crippen LogP contribution in [-0.2, 0) is 13.1 Å². The quantitative estimate of drug-likeness (QED) is 0.684. The van der Waals surface area contributed by atoms with Crippen LogP contribution in [0.1, 0.15) is 54.9 Å². The van der Waals surface area contributed by atoms with Crippen LogP contribution in [0.5, 0.6) is 0 Å². The molecule has 0 bridgehead atoms. The number of halogens is 1. The van der Waals surface area contributed by atoms with Crippen molar-refractivity contribution in [2.24, 2.45) is 4.99 Å². The van der Waals surface area contributed by atoms with Crippen LogP contribution in [0.2, 0.25) is 5.02 Å². The van der Waals surface area contributed by atoms with Gasteiger partial charge in [0, 0.05) is 22.2 Å². The summed E-state index contributed by atoms with van der Waals surface area (Å²) in [5, 5.41) is 13.3. The van der Waals surface area contributed by atoms with Gasteiger partial charge in [0.15, 0.2) is 11.6 Å². The molecule has 0 amide bonds. The Hall–Kier alpha value is -2.50. The largest absolute Gasteiger partial charge is 0.307 e. The van der Waals surface area contributed by atoms with Crippen LogP contribution in [0.3, 0.4) is 0 Å². The molecule has 2 aromatic carbocycles. The van der Waals surface area contributed by atoms with E-state index in [0.717, 1.165) is 34.2 Å². The molecule has 2 aliphatic rings. The van der Waals surface area contributed by atoms with E-state index in [2.05, 4.69) is 38.3 Å². The number of rotatable bonds is 4. The highest BCUT2D eigenvalue weighted by atomic mass is 35.5. The topological polar surface area (TPSA) is 55.1 Å². The first kappa shape index (κ1) is 18.5. The fraction of sp³-hybridized carbons (Fsp3) is 0.348. The summed E-state index contributed by atoms with van der Waals surface area (Å²) in [4.78, 5) is 4.89. The molecule has 29 heavy (non-hydrogen) atoms. The lowest BCUT2D eigenvalue weighted by Gasteiger charge is -2.23. The second-order valence-electron chi connectivity index (χ2n) is 7.78. The molecule has 0 radical (unpaired) electrons. The van der Waals surface area contributed by atoms with E-state index in [1.807, 2.05) is 30.3 Å². The monoisotopic (exact) mass is 405 g/mol. The van der Waals surface area contributed by atoms with E-state index in [4.69, 9.17) is 16.6 Å². The molecule has 3 aromatic rings. The van der Waals surface area contributed by atoms with Crippen LogP contribution in [0.25, 0.3) is 5.69 Å². The standard InChI is InChI=1S/C23H24ClN5/c24-17-11-12-20-19(13-17)23(16-7-3-1-4-8-16)26-15-22-28-27-21(29(20)22)14-25-18-9-5-2-6-10-18/h1,3-4,7-8,11-13,18,25H,2,5-6,9-10,14-15H2. The zero-order valence-corrected chi connectivity index (χ0v) is 17.1. The van der Waals surface area contributed by atoms with E-state index < -0.39 is 0 Å². The van der Waals surface area contributed by atoms with E-state index >= 15 is 0 Å². The molecular weight excluding hydrogens is 382 g/mol. The molecule has 1 N–H and O–H groups in total. The summed E-state index contributed by atoms with van der Waals surface area (Å²) in [5.74, 6) is 1.79. The van der Waals surface area contributed by atoms with Crippen molar-refractivity contribution in [2.45, 2.75) is 51.2 Å². The van der Waals surface area contributed by atoms with Crippen LogP contribution >= 0.6 is 11.6 Å². The predicted molar refractivity (Wildman–Crippen MR) is 116 cm³/mol. The van der Waals surface area contributed by atoms with Gasteiger partial charge in [0.2, 0.25) is 0 Å². The van der Waals surface area contributed by atoms with Crippen LogP contribution in [-0.4, -0.2) is 26.5 Å². The van der Waals surface area contributed by atoms with Gasteiger partial charge in [-0.2, -0.15) is 0 Å². The minimum atomic E-state index is 0.493. The number of hydrogen-bond acceptors (Lipinski definition) is 4. The number of benzene rings is 2. The van der Waals surface area contributed by atoms with Gasteiger partial charge in [-0.15, -0.1) is 10.2 Å². The van der Waals surface area contributed by atoms with Gasteiger partial charge in [0.05, 0.1) is 17.9 Å². The molecule has 0 atom stereocenters. The van der Waals surface area contributed by atoms with Gasteiger partial charge in [0.1, 0.15) is 6.54 Å². The predicted octanol–water partition coefficient (Wildman–Crippen LogP) is 4.69. The van der Waals surface area contributed by atoms with Gasteiger partial charge in [-0.25, -0.2) is 0 Å². The molecule has 1 aliphatic carbocycles. The smallest absolute Gasteiger partial charge is 0.159 e. The summed E-state index contributed by atoms with van der Waals surface area (Å²) in [6, 6.07) is 16.8. The summed E-state index contributed by atoms with van der Waals surface area (Å²) in [6.45, 7) is 1.20. The average Bonchev–Trinajstić information content (AvgIpc) is 3.09. The maximum Gasteiger partial charge on any atom is 0.159 e. The van der Waals surface area contributed by atoms with Gasteiger partial charge in [-0.3, -0.25) is 9.56 Å². The number of aromatic nitrogens is 3. The van der Waals surface area contributed by atoms with E-state index in [0.29, 0.717) is 24.2 Å². The van der Waals surface area contributed by atoms with E-state index in [1.54, 1.807) is 0 Å². The summed E-state index contributed by atoms with van der Waals surface area (Å²) in [5.41, 5.74) is 4.08. The minimum Gasteiger partial charge on any atom is -0.307 e. The van der Waals surface area contributed by atoms with E-state index in [9.17, 15) is 0 Å². The number of nitrogens with one attached hydrogen (secondary N) is 1. The maximum absolute atomic E-state index is 6.38. The fourth-order valence-corrected chi connectivity index (χ4v) is 4.53. The van der Waals surface area contributed by atoms with Crippen LogP contribution < -0.4 is 5.32 Å². The summed E-state index contributed by atoms with van der Waals surface area (Å²) >= 11 is 6.38. The molecule has 0 saturated heterocycles. The van der Waals surface area contributed by atoms with Crippen molar-refractivity contribution in [3.8, 4) is 5.69 Å². The first-order chi connectivity index (χ1) is 14.3. The van der Waals surface area contributed by atoms with Crippen molar-refractivity contribution < 1.29 is 0 Å². The van der Waals surface area contributed by atoms with Crippen LogP contribution in [0.4, 0.5) is 0 Å². The van der Waals surface area contributed by atoms with Crippen molar-refractivity contribution in [1.82, 2.24) is 20.1 Å². The maximum atomic E-state index is 6.38. The van der Waals surface area contributed by atoms with Crippen molar-refractivity contribution >= 4 is 17.3 Å². The number of fused-ring (bicyclic) bond motifs is 3. The second-order valence-corrected chi connectivity index (χ2v) is 8.21. The average molecular weight is 406 g/mol. The SMILES string of the molecule is Clc1ccc2c(c1)C(c1ccccc1)=NCc1nnc(CNC3CCCCC3)n1-2. The highest BCUT2D eigenvalue weighted by Crippen LogP contribution is 2.28. The third-order valence-corrected chi connectivity index (χ3v) is 6.07. The number of hydrogen-bond donors (Lipinski definition) is 1. The fourth-order valence-electron chi connectivity index (χ4n) is 4.36. The molecule has 1 fully saturated rings. The number of nitrogens with zero attached hydrogens (tertiary/aromatic N) is 4. The second kappa shape index (κ2) is 8.09. The van der Waals surface area contributed by atoms with Gasteiger partial charge < -0.3 is 5.32 Å². The molecule has 5 rings (SSSR count). The van der Waals surface area contributed by atoms with Crippen LogP contribution in [0.15, 0.2) is 53.5 Å². The Balaban J connectivity index is 1.53. The first-order valence-electron chi connectivity index (χ1n) is 10.4. The Morgan fingerprint density at radius 3 is 2.66 bits per heavy atom. The lowest BCUT2D eigenvalue weighted by molar-refractivity contribution is 0.368. The Morgan fingerprint density at radius 1 is 1.00 bits per heavy atom. The molecule has 148 valence electrons. The third kappa shape index (κ3) is 3.72. The van der Waals surface area contributed by atoms with Gasteiger partial charge in [-0.05, 0) is 31.0 Å². The lowest BCUT2D eigenvalue weighted by atomic mass is 9.95. The van der Waals surface area contributed by atoms with Crippen molar-refractivity contribution in [2.75, 3.05) is 0 Å². The Labute approximate surface area is 175 Å². The Kier molecular flexibility index (Phi) is 5.17. The zero-order valence-electron chi connectivity index (χ0n) is 16.3. The van der Waals surface area contributed by atoms with E-state index in [-0.39, 0.29) is 0 Å². The summed E-state index contributed by atoms with van der Waals surface area (Å²) < 4.78 is 2.15. The molecule has 6 heteroatoms. The normalized spacial score (nSPS) is 16.7. The van der Waals surface area contributed by atoms with Crippen molar-refractivity contribution in [1.29, 1.82) is 0 Å². The lowest BCUT2D eigenvalue weighted by Crippen LogP contribution is -2.31. The van der Waals surface area contributed by atoms with Gasteiger partial charge in [-0.1, -0.05) is 61.2 Å². The van der Waals surface area contributed by atoms with Crippen molar-refractivity contribution in [3.05, 3.63) is 76.3 Å². The zero-order chi connectivity index (χ0) is 19.6. The number of aliphatic imine (C=N–C) groups is 1. The summed E-state index contributed by atoms with van der Waals surface area (Å²) in [6.07, 6.45) is 6.46. The van der Waals surface area contributed by atoms with Crippen LogP contribution in [0, 0.1) is 0 Å². The minimum absolute atomic E-state index is 0.493. The first-order valence-corrected chi connectivity index (χ1v) is 10.7. The molecule has 1 saturated carbocycles. The van der Waals surface area contributed by atoms with E-state index in [1.165, 1.54) is 32.1 Å². The third-order valence-electron chi connectivity index (χ3n) is 5.83. The van der Waals surface area contributed by atoms with Crippen molar-refractivity contribution in [3.63, 3.8) is 0 Å².